The Morgan fingerprint density at radius 1 is 1.54 bits per heavy atom. The average molecular weight is 195 g/mol. The van der Waals surface area contributed by atoms with Crippen molar-refractivity contribution in [1.82, 2.24) is 5.32 Å². The second kappa shape index (κ2) is 5.20. The third kappa shape index (κ3) is 4.25. The standard InChI is InChI=1S/C11H17NS/c1-9(2)6-7-12-8-11-5-4-10(3)13-11/h4-5,12H,1,6-8H2,2-3H3. The maximum absolute atomic E-state index is 3.87. The van der Waals surface area contributed by atoms with E-state index in [2.05, 4.69) is 37.9 Å². The van der Waals surface area contributed by atoms with E-state index in [1.54, 1.807) is 0 Å². The van der Waals surface area contributed by atoms with Crippen LogP contribution in [0.2, 0.25) is 0 Å². The van der Waals surface area contributed by atoms with Gasteiger partial charge in [0.2, 0.25) is 0 Å². The summed E-state index contributed by atoms with van der Waals surface area (Å²) in [5.74, 6) is 0. The summed E-state index contributed by atoms with van der Waals surface area (Å²) < 4.78 is 0. The summed E-state index contributed by atoms with van der Waals surface area (Å²) in [6, 6.07) is 4.36. The van der Waals surface area contributed by atoms with Crippen molar-refractivity contribution in [3.63, 3.8) is 0 Å². The Hall–Kier alpha value is -0.600. The Morgan fingerprint density at radius 2 is 2.31 bits per heavy atom. The molecule has 0 radical (unpaired) electrons. The highest BCUT2D eigenvalue weighted by atomic mass is 32.1. The zero-order valence-corrected chi connectivity index (χ0v) is 9.21. The monoisotopic (exact) mass is 195 g/mol. The minimum Gasteiger partial charge on any atom is -0.312 e. The van der Waals surface area contributed by atoms with E-state index in [-0.39, 0.29) is 0 Å². The Kier molecular flexibility index (Phi) is 4.19. The van der Waals surface area contributed by atoms with Crippen LogP contribution in [0.1, 0.15) is 23.1 Å². The summed E-state index contributed by atoms with van der Waals surface area (Å²) in [5.41, 5.74) is 1.25. The molecule has 0 spiro atoms. The zero-order valence-electron chi connectivity index (χ0n) is 8.39. The predicted octanol–water partition coefficient (Wildman–Crippen LogP) is 3.11. The summed E-state index contributed by atoms with van der Waals surface area (Å²) in [7, 11) is 0. The van der Waals surface area contributed by atoms with E-state index in [0.29, 0.717) is 0 Å². The molecule has 1 aromatic heterocycles. The Bertz CT molecular complexity index is 275. The van der Waals surface area contributed by atoms with Gasteiger partial charge in [-0.2, -0.15) is 0 Å². The van der Waals surface area contributed by atoms with E-state index >= 15 is 0 Å². The summed E-state index contributed by atoms with van der Waals surface area (Å²) in [6.07, 6.45) is 1.07. The molecule has 0 amide bonds. The van der Waals surface area contributed by atoms with E-state index in [0.717, 1.165) is 19.5 Å². The Morgan fingerprint density at radius 3 is 2.85 bits per heavy atom. The van der Waals surface area contributed by atoms with Gasteiger partial charge in [0.15, 0.2) is 0 Å². The fourth-order valence-corrected chi connectivity index (χ4v) is 1.95. The fourth-order valence-electron chi connectivity index (χ4n) is 1.09. The number of thiophene rings is 1. The highest BCUT2D eigenvalue weighted by Gasteiger charge is 1.95. The van der Waals surface area contributed by atoms with Crippen molar-refractivity contribution < 1.29 is 0 Å². The summed E-state index contributed by atoms with van der Waals surface area (Å²) in [6.45, 7) is 10.1. The topological polar surface area (TPSA) is 12.0 Å². The van der Waals surface area contributed by atoms with Crippen molar-refractivity contribution in [2.24, 2.45) is 0 Å². The second-order valence-corrected chi connectivity index (χ2v) is 4.77. The lowest BCUT2D eigenvalue weighted by Crippen LogP contribution is -2.13. The van der Waals surface area contributed by atoms with Crippen LogP contribution in [0, 0.1) is 6.92 Å². The number of hydrogen-bond acceptors (Lipinski definition) is 2. The van der Waals surface area contributed by atoms with Crippen LogP contribution < -0.4 is 5.32 Å². The molecule has 1 rings (SSSR count). The van der Waals surface area contributed by atoms with Gasteiger partial charge in [0.05, 0.1) is 0 Å². The van der Waals surface area contributed by atoms with E-state index in [4.69, 9.17) is 0 Å². The lowest BCUT2D eigenvalue weighted by Gasteiger charge is -2.01. The van der Waals surface area contributed by atoms with Crippen molar-refractivity contribution in [3.05, 3.63) is 34.0 Å². The molecule has 1 N–H and O–H groups in total. The van der Waals surface area contributed by atoms with Crippen LogP contribution in [0.15, 0.2) is 24.3 Å². The van der Waals surface area contributed by atoms with Crippen LogP contribution >= 0.6 is 11.3 Å². The van der Waals surface area contributed by atoms with Gasteiger partial charge in [-0.25, -0.2) is 0 Å². The van der Waals surface area contributed by atoms with Crippen molar-refractivity contribution in [1.29, 1.82) is 0 Å². The van der Waals surface area contributed by atoms with Gasteiger partial charge in [0, 0.05) is 16.3 Å². The van der Waals surface area contributed by atoms with Gasteiger partial charge < -0.3 is 5.32 Å². The first-order chi connectivity index (χ1) is 6.18. The molecule has 0 saturated heterocycles. The summed E-state index contributed by atoms with van der Waals surface area (Å²) in [4.78, 5) is 2.80. The highest BCUT2D eigenvalue weighted by Crippen LogP contribution is 2.14. The van der Waals surface area contributed by atoms with Gasteiger partial charge >= 0.3 is 0 Å². The number of aryl methyl sites for hydroxylation is 1. The van der Waals surface area contributed by atoms with Crippen LogP contribution in [-0.4, -0.2) is 6.54 Å². The maximum Gasteiger partial charge on any atom is 0.0299 e. The molecule has 0 aliphatic rings. The largest absolute Gasteiger partial charge is 0.312 e. The first kappa shape index (κ1) is 10.5. The molecule has 1 aromatic rings. The van der Waals surface area contributed by atoms with E-state index in [1.807, 2.05) is 11.3 Å². The highest BCUT2D eigenvalue weighted by molar-refractivity contribution is 7.11. The van der Waals surface area contributed by atoms with Crippen LogP contribution in [-0.2, 0) is 6.54 Å². The van der Waals surface area contributed by atoms with Gasteiger partial charge in [-0.3, -0.25) is 0 Å². The molecule has 0 unspecified atom stereocenters. The van der Waals surface area contributed by atoms with Crippen molar-refractivity contribution in [3.8, 4) is 0 Å². The van der Waals surface area contributed by atoms with E-state index in [9.17, 15) is 0 Å². The van der Waals surface area contributed by atoms with E-state index < -0.39 is 0 Å². The third-order valence-electron chi connectivity index (χ3n) is 1.82. The first-order valence-electron chi connectivity index (χ1n) is 4.59. The molecule has 1 heterocycles. The molecule has 13 heavy (non-hydrogen) atoms. The molecule has 2 heteroatoms. The van der Waals surface area contributed by atoms with Crippen molar-refractivity contribution in [2.75, 3.05) is 6.54 Å². The van der Waals surface area contributed by atoms with Crippen LogP contribution in [0.3, 0.4) is 0 Å². The second-order valence-electron chi connectivity index (χ2n) is 3.40. The molecule has 0 atom stereocenters. The van der Waals surface area contributed by atoms with E-state index in [1.165, 1.54) is 15.3 Å². The molecular formula is C11H17NS. The smallest absolute Gasteiger partial charge is 0.0299 e. The number of hydrogen-bond donors (Lipinski definition) is 1. The van der Waals surface area contributed by atoms with Crippen molar-refractivity contribution in [2.45, 2.75) is 26.8 Å². The normalized spacial score (nSPS) is 10.3. The zero-order chi connectivity index (χ0) is 9.68. The van der Waals surface area contributed by atoms with Crippen LogP contribution in [0.4, 0.5) is 0 Å². The number of rotatable bonds is 5. The molecule has 0 fully saturated rings. The molecule has 0 aromatic carbocycles. The minimum atomic E-state index is 0.992. The minimum absolute atomic E-state index is 0.992. The molecule has 0 aliphatic heterocycles. The number of nitrogens with one attached hydrogen (secondary N) is 1. The lowest BCUT2D eigenvalue weighted by atomic mass is 10.2. The van der Waals surface area contributed by atoms with Gasteiger partial charge in [-0.05, 0) is 38.9 Å². The van der Waals surface area contributed by atoms with Crippen LogP contribution in [0.5, 0.6) is 0 Å². The Balaban J connectivity index is 2.16. The Labute approximate surface area is 84.5 Å². The maximum atomic E-state index is 3.87. The quantitative estimate of drug-likeness (QED) is 0.562. The predicted molar refractivity (Wildman–Crippen MR) is 60.2 cm³/mol. The molecule has 0 saturated carbocycles. The summed E-state index contributed by atoms with van der Waals surface area (Å²) in [5, 5.41) is 3.40. The van der Waals surface area contributed by atoms with Crippen molar-refractivity contribution >= 4 is 11.3 Å². The molecule has 1 nitrogen and oxygen atoms in total. The summed E-state index contributed by atoms with van der Waals surface area (Å²) >= 11 is 1.86. The first-order valence-corrected chi connectivity index (χ1v) is 5.40. The van der Waals surface area contributed by atoms with Gasteiger partial charge in [-0.15, -0.1) is 17.9 Å². The molecular weight excluding hydrogens is 178 g/mol. The molecule has 0 bridgehead atoms. The van der Waals surface area contributed by atoms with Crippen LogP contribution in [0.25, 0.3) is 0 Å². The van der Waals surface area contributed by atoms with Gasteiger partial charge in [0.25, 0.3) is 0 Å². The fraction of sp³-hybridized carbons (Fsp3) is 0.455. The molecule has 72 valence electrons. The molecule has 0 aliphatic carbocycles. The lowest BCUT2D eigenvalue weighted by molar-refractivity contribution is 0.691. The van der Waals surface area contributed by atoms with Gasteiger partial charge in [-0.1, -0.05) is 5.57 Å². The van der Waals surface area contributed by atoms with Gasteiger partial charge in [0.1, 0.15) is 0 Å². The third-order valence-corrected chi connectivity index (χ3v) is 2.82. The SMILES string of the molecule is C=C(C)CCNCc1ccc(C)s1. The average Bonchev–Trinajstić information content (AvgIpc) is 2.45.